The van der Waals surface area contributed by atoms with Crippen LogP contribution < -0.4 is 4.74 Å². The Morgan fingerprint density at radius 3 is 2.33 bits per heavy atom. The van der Waals surface area contributed by atoms with E-state index in [1.807, 2.05) is 54.0 Å². The number of para-hydroxylation sites is 1. The molecule has 0 aliphatic carbocycles. The van der Waals surface area contributed by atoms with E-state index < -0.39 is 0 Å². The summed E-state index contributed by atoms with van der Waals surface area (Å²) in [6, 6.07) is 20.8. The lowest BCUT2D eigenvalue weighted by Crippen LogP contribution is -2.14. The van der Waals surface area contributed by atoms with Crippen LogP contribution in [0.4, 0.5) is 0 Å². The molecular weight excluding hydrogens is 396 g/mol. The highest BCUT2D eigenvalue weighted by atomic mass is 32.2. The van der Waals surface area contributed by atoms with Crippen molar-refractivity contribution in [2.24, 2.45) is 0 Å². The maximum Gasteiger partial charge on any atom is 0.196 e. The number of aromatic nitrogens is 4. The lowest BCUT2D eigenvalue weighted by Gasteiger charge is -2.13. The van der Waals surface area contributed by atoms with Crippen LogP contribution in [0.2, 0.25) is 0 Å². The number of methoxy groups -OCH3 is 1. The molecule has 1 atom stereocenters. The summed E-state index contributed by atoms with van der Waals surface area (Å²) >= 11 is 1.39. The summed E-state index contributed by atoms with van der Waals surface area (Å²) in [7, 11) is 1.60. The van der Waals surface area contributed by atoms with Gasteiger partial charge >= 0.3 is 0 Å². The van der Waals surface area contributed by atoms with Gasteiger partial charge in [-0.25, -0.2) is 0 Å². The van der Waals surface area contributed by atoms with Crippen LogP contribution in [0.3, 0.4) is 0 Å². The molecule has 4 aromatic rings. The average Bonchev–Trinajstić information content (AvgIpc) is 3.23. The van der Waals surface area contributed by atoms with Crippen LogP contribution in [0, 0.1) is 0 Å². The molecule has 2 heterocycles. The molecule has 0 aliphatic rings. The Labute approximate surface area is 179 Å². The number of carbonyl (C=O) groups is 1. The average molecular weight is 417 g/mol. The van der Waals surface area contributed by atoms with Gasteiger partial charge in [-0.15, -0.1) is 10.2 Å². The van der Waals surface area contributed by atoms with E-state index in [9.17, 15) is 4.79 Å². The molecule has 2 aromatic heterocycles. The SMILES string of the molecule is COc1ccc(C(=O)C(C)Sc2nnc(-c3ccncc3)n2-c2ccccc2)cc1. The van der Waals surface area contributed by atoms with E-state index in [4.69, 9.17) is 4.74 Å². The van der Waals surface area contributed by atoms with E-state index in [-0.39, 0.29) is 11.0 Å². The van der Waals surface area contributed by atoms with Crippen molar-refractivity contribution in [1.82, 2.24) is 19.7 Å². The first-order valence-corrected chi connectivity index (χ1v) is 10.3. The molecule has 0 radical (unpaired) electrons. The van der Waals surface area contributed by atoms with E-state index in [0.29, 0.717) is 16.5 Å². The van der Waals surface area contributed by atoms with Gasteiger partial charge in [-0.2, -0.15) is 0 Å². The third-order valence-corrected chi connectivity index (χ3v) is 5.65. The fourth-order valence-electron chi connectivity index (χ4n) is 3.05. The van der Waals surface area contributed by atoms with Crippen molar-refractivity contribution in [3.05, 3.63) is 84.7 Å². The van der Waals surface area contributed by atoms with Crippen LogP contribution in [0.1, 0.15) is 17.3 Å². The molecule has 0 N–H and O–H groups in total. The molecule has 0 spiro atoms. The van der Waals surface area contributed by atoms with Gasteiger partial charge in [-0.05, 0) is 55.5 Å². The molecule has 2 aromatic carbocycles. The van der Waals surface area contributed by atoms with Gasteiger partial charge < -0.3 is 4.74 Å². The number of rotatable bonds is 7. The fourth-order valence-corrected chi connectivity index (χ4v) is 3.99. The molecule has 1 unspecified atom stereocenters. The highest BCUT2D eigenvalue weighted by Gasteiger charge is 2.22. The number of ketones is 1. The second-order valence-electron chi connectivity index (χ2n) is 6.57. The standard InChI is InChI=1S/C23H20N4O2S/c1-16(21(28)17-8-10-20(29-2)11-9-17)30-23-26-25-22(18-12-14-24-15-13-18)27(23)19-6-4-3-5-7-19/h3-16H,1-2H3. The van der Waals surface area contributed by atoms with E-state index in [0.717, 1.165) is 17.0 Å². The molecule has 150 valence electrons. The van der Waals surface area contributed by atoms with Gasteiger partial charge in [0.05, 0.1) is 12.4 Å². The van der Waals surface area contributed by atoms with Crippen molar-refractivity contribution in [3.8, 4) is 22.8 Å². The maximum atomic E-state index is 12.9. The third kappa shape index (κ3) is 4.11. The number of hydrogen-bond acceptors (Lipinski definition) is 6. The molecule has 30 heavy (non-hydrogen) atoms. The summed E-state index contributed by atoms with van der Waals surface area (Å²) in [5.74, 6) is 1.45. The van der Waals surface area contributed by atoms with Crippen molar-refractivity contribution in [2.75, 3.05) is 7.11 Å². The molecule has 6 nitrogen and oxygen atoms in total. The van der Waals surface area contributed by atoms with Gasteiger partial charge in [0.2, 0.25) is 0 Å². The van der Waals surface area contributed by atoms with Crippen molar-refractivity contribution < 1.29 is 9.53 Å². The molecule has 0 amide bonds. The lowest BCUT2D eigenvalue weighted by molar-refractivity contribution is 0.0994. The number of nitrogens with zero attached hydrogens (tertiary/aromatic N) is 4. The van der Waals surface area contributed by atoms with Gasteiger partial charge in [-0.1, -0.05) is 30.0 Å². The van der Waals surface area contributed by atoms with Gasteiger partial charge in [0.25, 0.3) is 0 Å². The third-order valence-electron chi connectivity index (χ3n) is 4.61. The maximum absolute atomic E-state index is 12.9. The summed E-state index contributed by atoms with van der Waals surface area (Å²) in [5.41, 5.74) is 2.47. The second-order valence-corrected chi connectivity index (χ2v) is 7.87. The van der Waals surface area contributed by atoms with Crippen LogP contribution in [0.15, 0.2) is 84.3 Å². The number of benzene rings is 2. The second kappa shape index (κ2) is 8.92. The zero-order chi connectivity index (χ0) is 20.9. The Balaban J connectivity index is 1.67. The summed E-state index contributed by atoms with van der Waals surface area (Å²) in [6.07, 6.45) is 3.45. The molecule has 0 bridgehead atoms. The largest absolute Gasteiger partial charge is 0.497 e. The summed E-state index contributed by atoms with van der Waals surface area (Å²) < 4.78 is 7.14. The topological polar surface area (TPSA) is 69.9 Å². The Kier molecular flexibility index (Phi) is 5.90. The Morgan fingerprint density at radius 1 is 0.967 bits per heavy atom. The van der Waals surface area contributed by atoms with E-state index >= 15 is 0 Å². The molecule has 0 aliphatic heterocycles. The molecule has 0 fully saturated rings. The number of thioether (sulfide) groups is 1. The van der Waals surface area contributed by atoms with Crippen LogP contribution in [0.25, 0.3) is 17.1 Å². The van der Waals surface area contributed by atoms with Crippen molar-refractivity contribution in [2.45, 2.75) is 17.3 Å². The zero-order valence-corrected chi connectivity index (χ0v) is 17.4. The van der Waals surface area contributed by atoms with Gasteiger partial charge in [-0.3, -0.25) is 14.3 Å². The molecule has 0 saturated heterocycles. The van der Waals surface area contributed by atoms with E-state index in [2.05, 4.69) is 15.2 Å². The first-order chi connectivity index (χ1) is 14.7. The highest BCUT2D eigenvalue weighted by Crippen LogP contribution is 2.31. The number of carbonyl (C=O) groups excluding carboxylic acids is 1. The quantitative estimate of drug-likeness (QED) is 0.321. The Morgan fingerprint density at radius 2 is 1.67 bits per heavy atom. The normalized spacial score (nSPS) is 11.8. The van der Waals surface area contributed by atoms with Crippen molar-refractivity contribution in [3.63, 3.8) is 0 Å². The predicted molar refractivity (Wildman–Crippen MR) is 117 cm³/mol. The summed E-state index contributed by atoms with van der Waals surface area (Å²) in [5, 5.41) is 9.12. The van der Waals surface area contributed by atoms with Crippen molar-refractivity contribution >= 4 is 17.5 Å². The lowest BCUT2D eigenvalue weighted by atomic mass is 10.1. The fraction of sp³-hybridized carbons (Fsp3) is 0.130. The van der Waals surface area contributed by atoms with E-state index in [1.54, 1.807) is 43.8 Å². The Bertz CT molecular complexity index is 1130. The molecule has 7 heteroatoms. The molecular formula is C23H20N4O2S. The van der Waals surface area contributed by atoms with Crippen LogP contribution in [-0.2, 0) is 0 Å². The van der Waals surface area contributed by atoms with Gasteiger partial charge in [0, 0.05) is 29.2 Å². The first-order valence-electron chi connectivity index (χ1n) is 9.43. The first kappa shape index (κ1) is 19.8. The summed E-state index contributed by atoms with van der Waals surface area (Å²) in [4.78, 5) is 17.0. The number of Topliss-reactive ketones (excluding diaryl/α,β-unsaturated/α-hetero) is 1. The minimum absolute atomic E-state index is 0.0238. The summed E-state index contributed by atoms with van der Waals surface area (Å²) in [6.45, 7) is 1.88. The van der Waals surface area contributed by atoms with Crippen LogP contribution >= 0.6 is 11.8 Å². The number of pyridine rings is 1. The van der Waals surface area contributed by atoms with Crippen LogP contribution in [0.5, 0.6) is 5.75 Å². The van der Waals surface area contributed by atoms with Crippen molar-refractivity contribution in [1.29, 1.82) is 0 Å². The van der Waals surface area contributed by atoms with Crippen LogP contribution in [-0.4, -0.2) is 37.9 Å². The highest BCUT2D eigenvalue weighted by molar-refractivity contribution is 8.00. The Hall–Kier alpha value is -3.45. The minimum atomic E-state index is -0.338. The zero-order valence-electron chi connectivity index (χ0n) is 16.6. The predicted octanol–water partition coefficient (Wildman–Crippen LogP) is 4.70. The minimum Gasteiger partial charge on any atom is -0.497 e. The smallest absolute Gasteiger partial charge is 0.196 e. The van der Waals surface area contributed by atoms with Gasteiger partial charge in [0.15, 0.2) is 16.8 Å². The molecule has 0 saturated carbocycles. The monoisotopic (exact) mass is 416 g/mol. The van der Waals surface area contributed by atoms with E-state index in [1.165, 1.54) is 11.8 Å². The number of ether oxygens (including phenoxy) is 1. The van der Waals surface area contributed by atoms with Gasteiger partial charge in [0.1, 0.15) is 5.75 Å². The molecule has 4 rings (SSSR count). The number of hydrogen-bond donors (Lipinski definition) is 0.